The van der Waals surface area contributed by atoms with Crippen LogP contribution in [0.2, 0.25) is 0 Å². The van der Waals surface area contributed by atoms with E-state index < -0.39 is 0 Å². The van der Waals surface area contributed by atoms with Gasteiger partial charge in [0, 0.05) is 23.7 Å². The second kappa shape index (κ2) is 6.09. The van der Waals surface area contributed by atoms with Gasteiger partial charge in [-0.1, -0.05) is 0 Å². The number of hydrogen-bond donors (Lipinski definition) is 2. The minimum absolute atomic E-state index is 0.118. The van der Waals surface area contributed by atoms with Crippen molar-refractivity contribution < 1.29 is 4.79 Å². The number of carbonyl (C=O) groups excluding carboxylic acids is 1. The predicted octanol–water partition coefficient (Wildman–Crippen LogP) is 1.08. The molecule has 0 aliphatic heterocycles. The fourth-order valence-electron chi connectivity index (χ4n) is 1.10. The number of rotatable bonds is 5. The first-order valence-corrected chi connectivity index (χ1v) is 6.89. The number of nitrogens with one attached hydrogen (secondary N) is 1. The largest absolute Gasteiger partial charge is 0.347 e. The number of nitrogens with zero attached hydrogens (tertiary/aromatic N) is 1. The quantitative estimate of drug-likeness (QED) is 0.814. The summed E-state index contributed by atoms with van der Waals surface area (Å²) in [5.41, 5.74) is 5.89. The van der Waals surface area contributed by atoms with Crippen LogP contribution in [-0.4, -0.2) is 28.9 Å². The summed E-state index contributed by atoms with van der Waals surface area (Å²) in [5, 5.41) is 5.41. The Bertz CT molecular complexity index is 327. The molecule has 0 saturated carbocycles. The van der Waals surface area contributed by atoms with Gasteiger partial charge in [-0.2, -0.15) is 11.8 Å². The van der Waals surface area contributed by atoms with E-state index in [-0.39, 0.29) is 11.9 Å². The molecule has 0 saturated heterocycles. The molecular weight excluding hydrogens is 230 g/mol. The minimum Gasteiger partial charge on any atom is -0.347 e. The molecule has 0 aliphatic rings. The molecule has 0 bridgehead atoms. The van der Waals surface area contributed by atoms with E-state index in [2.05, 4.69) is 10.3 Å². The van der Waals surface area contributed by atoms with Gasteiger partial charge in [-0.25, -0.2) is 4.98 Å². The molecule has 0 aromatic carbocycles. The van der Waals surface area contributed by atoms with Crippen LogP contribution in [0.3, 0.4) is 0 Å². The Morgan fingerprint density at radius 3 is 3.07 bits per heavy atom. The second-order valence-corrected chi connectivity index (χ2v) is 5.01. The van der Waals surface area contributed by atoms with Crippen molar-refractivity contribution in [1.82, 2.24) is 10.3 Å². The highest BCUT2D eigenvalue weighted by atomic mass is 32.2. The molecule has 0 aliphatic carbocycles. The summed E-state index contributed by atoms with van der Waals surface area (Å²) in [5.74, 6) is 0.784. The third-order valence-corrected chi connectivity index (χ3v) is 3.46. The van der Waals surface area contributed by atoms with Crippen LogP contribution in [-0.2, 0) is 6.54 Å². The fourth-order valence-corrected chi connectivity index (χ4v) is 2.34. The maximum absolute atomic E-state index is 11.6. The summed E-state index contributed by atoms with van der Waals surface area (Å²) in [4.78, 5) is 15.8. The van der Waals surface area contributed by atoms with Crippen LogP contribution < -0.4 is 11.1 Å². The number of amides is 1. The molecule has 1 amide bonds. The SMILES string of the molecule is CSCC(C)NC(=O)c1csc(CN)n1. The lowest BCUT2D eigenvalue weighted by Gasteiger charge is -2.10. The summed E-state index contributed by atoms with van der Waals surface area (Å²) in [6.07, 6.45) is 2.01. The summed E-state index contributed by atoms with van der Waals surface area (Å²) in [6.45, 7) is 2.36. The lowest BCUT2D eigenvalue weighted by Crippen LogP contribution is -2.34. The molecule has 1 aromatic heterocycles. The Morgan fingerprint density at radius 1 is 1.80 bits per heavy atom. The molecule has 1 unspecified atom stereocenters. The Labute approximate surface area is 97.7 Å². The molecule has 0 fully saturated rings. The van der Waals surface area contributed by atoms with Gasteiger partial charge in [-0.3, -0.25) is 4.79 Å². The molecule has 15 heavy (non-hydrogen) atoms. The standard InChI is InChI=1S/C9H15N3OS2/c1-6(4-14-2)11-9(13)7-5-15-8(3-10)12-7/h5-6H,3-4,10H2,1-2H3,(H,11,13). The topological polar surface area (TPSA) is 68.0 Å². The van der Waals surface area contributed by atoms with Gasteiger partial charge in [0.1, 0.15) is 10.7 Å². The van der Waals surface area contributed by atoms with E-state index in [0.29, 0.717) is 12.2 Å². The normalized spacial score (nSPS) is 12.5. The zero-order valence-corrected chi connectivity index (χ0v) is 10.5. The summed E-state index contributed by atoms with van der Waals surface area (Å²) < 4.78 is 0. The first-order valence-electron chi connectivity index (χ1n) is 4.61. The summed E-state index contributed by atoms with van der Waals surface area (Å²) in [6, 6.07) is 0.163. The zero-order valence-electron chi connectivity index (χ0n) is 8.82. The molecule has 1 atom stereocenters. The number of thiazole rings is 1. The van der Waals surface area contributed by atoms with E-state index in [9.17, 15) is 4.79 Å². The van der Waals surface area contributed by atoms with Crippen molar-refractivity contribution in [3.8, 4) is 0 Å². The highest BCUT2D eigenvalue weighted by Crippen LogP contribution is 2.09. The average Bonchev–Trinajstić information content (AvgIpc) is 2.66. The lowest BCUT2D eigenvalue weighted by atomic mass is 10.3. The van der Waals surface area contributed by atoms with Crippen molar-refractivity contribution in [2.75, 3.05) is 12.0 Å². The zero-order chi connectivity index (χ0) is 11.3. The Morgan fingerprint density at radius 2 is 2.53 bits per heavy atom. The Kier molecular flexibility index (Phi) is 5.07. The van der Waals surface area contributed by atoms with Gasteiger partial charge in [-0.15, -0.1) is 11.3 Å². The van der Waals surface area contributed by atoms with E-state index >= 15 is 0 Å². The van der Waals surface area contributed by atoms with Gasteiger partial charge < -0.3 is 11.1 Å². The van der Waals surface area contributed by atoms with Gasteiger partial charge in [0.05, 0.1) is 0 Å². The van der Waals surface area contributed by atoms with E-state index in [4.69, 9.17) is 5.73 Å². The number of nitrogens with two attached hydrogens (primary N) is 1. The minimum atomic E-state index is -0.118. The predicted molar refractivity (Wildman–Crippen MR) is 65.3 cm³/mol. The van der Waals surface area contributed by atoms with Crippen LogP contribution in [0.4, 0.5) is 0 Å². The summed E-state index contributed by atoms with van der Waals surface area (Å²) >= 11 is 3.12. The van der Waals surface area contributed by atoms with Crippen LogP contribution in [0.5, 0.6) is 0 Å². The van der Waals surface area contributed by atoms with Crippen LogP contribution in [0.1, 0.15) is 22.4 Å². The molecule has 6 heteroatoms. The molecular formula is C9H15N3OS2. The first kappa shape index (κ1) is 12.5. The maximum atomic E-state index is 11.6. The smallest absolute Gasteiger partial charge is 0.270 e. The molecule has 1 heterocycles. The Balaban J connectivity index is 2.53. The van der Waals surface area contributed by atoms with Crippen molar-refractivity contribution in [2.45, 2.75) is 19.5 Å². The van der Waals surface area contributed by atoms with Gasteiger partial charge in [0.15, 0.2) is 0 Å². The molecule has 1 rings (SSSR count). The van der Waals surface area contributed by atoms with Crippen LogP contribution >= 0.6 is 23.1 Å². The van der Waals surface area contributed by atoms with Crippen LogP contribution in [0.25, 0.3) is 0 Å². The first-order chi connectivity index (χ1) is 7.17. The number of hydrogen-bond acceptors (Lipinski definition) is 5. The number of carbonyl (C=O) groups is 1. The van der Waals surface area contributed by atoms with Gasteiger partial charge in [0.25, 0.3) is 5.91 Å². The van der Waals surface area contributed by atoms with Crippen LogP contribution in [0, 0.1) is 0 Å². The highest BCUT2D eigenvalue weighted by molar-refractivity contribution is 7.98. The van der Waals surface area contributed by atoms with Gasteiger partial charge in [0.2, 0.25) is 0 Å². The van der Waals surface area contributed by atoms with Gasteiger partial charge in [-0.05, 0) is 13.2 Å². The van der Waals surface area contributed by atoms with Crippen molar-refractivity contribution >= 4 is 29.0 Å². The highest BCUT2D eigenvalue weighted by Gasteiger charge is 2.12. The third-order valence-electron chi connectivity index (χ3n) is 1.75. The third kappa shape index (κ3) is 3.81. The van der Waals surface area contributed by atoms with Crippen molar-refractivity contribution in [3.63, 3.8) is 0 Å². The van der Waals surface area contributed by atoms with Crippen molar-refractivity contribution in [2.24, 2.45) is 5.73 Å². The molecule has 4 nitrogen and oxygen atoms in total. The number of aromatic nitrogens is 1. The number of thioether (sulfide) groups is 1. The summed E-state index contributed by atoms with van der Waals surface area (Å²) in [7, 11) is 0. The van der Waals surface area contributed by atoms with E-state index in [1.165, 1.54) is 11.3 Å². The van der Waals surface area contributed by atoms with E-state index in [0.717, 1.165) is 10.8 Å². The molecule has 84 valence electrons. The molecule has 0 spiro atoms. The van der Waals surface area contributed by atoms with E-state index in [1.54, 1.807) is 17.1 Å². The molecule has 0 radical (unpaired) electrons. The van der Waals surface area contributed by atoms with Crippen LogP contribution in [0.15, 0.2) is 5.38 Å². The van der Waals surface area contributed by atoms with Crippen molar-refractivity contribution in [1.29, 1.82) is 0 Å². The monoisotopic (exact) mass is 245 g/mol. The van der Waals surface area contributed by atoms with E-state index in [1.807, 2.05) is 13.2 Å². The average molecular weight is 245 g/mol. The van der Waals surface area contributed by atoms with Gasteiger partial charge >= 0.3 is 0 Å². The maximum Gasteiger partial charge on any atom is 0.270 e. The Hall–Kier alpha value is -0.590. The lowest BCUT2D eigenvalue weighted by molar-refractivity contribution is 0.0939. The molecule has 1 aromatic rings. The second-order valence-electron chi connectivity index (χ2n) is 3.16. The molecule has 3 N–H and O–H groups in total. The van der Waals surface area contributed by atoms with Crippen molar-refractivity contribution in [3.05, 3.63) is 16.1 Å². The fraction of sp³-hybridized carbons (Fsp3) is 0.556.